The van der Waals surface area contributed by atoms with Crippen LogP contribution in [0.4, 0.5) is 23.2 Å². The second kappa shape index (κ2) is 4.70. The summed E-state index contributed by atoms with van der Waals surface area (Å²) in [5.74, 6) is -8.43. The van der Waals surface area contributed by atoms with Crippen molar-refractivity contribution >= 4 is 21.6 Å². The number of anilines is 1. The van der Waals surface area contributed by atoms with Crippen molar-refractivity contribution in [2.45, 2.75) is 11.7 Å². The van der Waals surface area contributed by atoms with Crippen molar-refractivity contribution in [3.8, 4) is 0 Å². The van der Waals surface area contributed by atoms with Crippen LogP contribution in [0.2, 0.25) is 0 Å². The van der Waals surface area contributed by atoms with Crippen LogP contribution < -0.4 is 10.0 Å². The van der Waals surface area contributed by atoms with E-state index in [9.17, 15) is 30.8 Å². The summed E-state index contributed by atoms with van der Waals surface area (Å²) in [6.45, 7) is -0.556. The van der Waals surface area contributed by atoms with Gasteiger partial charge in [0, 0.05) is 19.0 Å². The fourth-order valence-corrected chi connectivity index (χ4v) is 2.62. The molecule has 0 saturated carbocycles. The molecule has 1 aliphatic heterocycles. The number of nitrogens with zero attached hydrogens (tertiary/aromatic N) is 1. The van der Waals surface area contributed by atoms with Crippen LogP contribution in [0.1, 0.15) is 6.42 Å². The van der Waals surface area contributed by atoms with Crippen LogP contribution in [0.3, 0.4) is 0 Å². The number of primary sulfonamides is 1. The van der Waals surface area contributed by atoms with Crippen LogP contribution in [0.25, 0.3) is 0 Å². The van der Waals surface area contributed by atoms with Crippen LogP contribution in [0, 0.1) is 23.3 Å². The second-order valence-electron chi connectivity index (χ2n) is 4.24. The molecule has 0 bridgehead atoms. The van der Waals surface area contributed by atoms with Crippen LogP contribution >= 0.6 is 0 Å². The quantitative estimate of drug-likeness (QED) is 0.494. The van der Waals surface area contributed by atoms with Crippen LogP contribution in [0.5, 0.6) is 0 Å². The lowest BCUT2D eigenvalue weighted by atomic mass is 10.2. The zero-order chi connectivity index (χ0) is 15.2. The van der Waals surface area contributed by atoms with E-state index < -0.39 is 63.1 Å². The van der Waals surface area contributed by atoms with Gasteiger partial charge in [0.25, 0.3) is 0 Å². The van der Waals surface area contributed by atoms with Crippen molar-refractivity contribution in [3.05, 3.63) is 29.3 Å². The van der Waals surface area contributed by atoms with Gasteiger partial charge < -0.3 is 4.90 Å². The van der Waals surface area contributed by atoms with Crippen molar-refractivity contribution in [3.63, 3.8) is 0 Å². The van der Waals surface area contributed by atoms with Crippen LogP contribution in [-0.2, 0) is 14.8 Å². The summed E-state index contributed by atoms with van der Waals surface area (Å²) >= 11 is 0. The first kappa shape index (κ1) is 14.7. The Hall–Kier alpha value is -1.68. The summed E-state index contributed by atoms with van der Waals surface area (Å²) in [7, 11) is -4.06. The number of benzene rings is 1. The van der Waals surface area contributed by atoms with Gasteiger partial charge in [-0.05, 0) is 0 Å². The van der Waals surface area contributed by atoms with Gasteiger partial charge in [0.05, 0.1) is 5.69 Å². The number of halogens is 4. The number of rotatable bonds is 2. The largest absolute Gasteiger partial charge is 0.308 e. The first-order valence-electron chi connectivity index (χ1n) is 5.28. The third-order valence-electron chi connectivity index (χ3n) is 2.93. The number of carbonyl (C=O) groups is 1. The highest BCUT2D eigenvalue weighted by atomic mass is 32.2. The highest BCUT2D eigenvalue weighted by Crippen LogP contribution is 2.30. The van der Waals surface area contributed by atoms with Gasteiger partial charge in [-0.3, -0.25) is 4.79 Å². The summed E-state index contributed by atoms with van der Waals surface area (Å²) in [5, 5.41) is 3.54. The molecule has 1 fully saturated rings. The Bertz CT molecular complexity index is 692. The van der Waals surface area contributed by atoms with Crippen LogP contribution in [-0.4, -0.2) is 26.1 Å². The van der Waals surface area contributed by atoms with Gasteiger partial charge in [-0.25, -0.2) is 31.1 Å². The van der Waals surface area contributed by atoms with Crippen molar-refractivity contribution < 1.29 is 30.8 Å². The van der Waals surface area contributed by atoms with Gasteiger partial charge in [0.15, 0.2) is 23.3 Å². The normalized spacial score (nSPS) is 19.8. The Morgan fingerprint density at radius 2 is 1.75 bits per heavy atom. The molecule has 1 atom stereocenters. The first-order chi connectivity index (χ1) is 9.12. The predicted molar refractivity (Wildman–Crippen MR) is 60.1 cm³/mol. The van der Waals surface area contributed by atoms with Crippen LogP contribution in [0.15, 0.2) is 6.07 Å². The number of amides is 1. The van der Waals surface area contributed by atoms with Gasteiger partial charge in [-0.1, -0.05) is 0 Å². The molecule has 1 aromatic rings. The summed E-state index contributed by atoms with van der Waals surface area (Å²) in [6.07, 6.45) is -0.543. The Labute approximate surface area is 111 Å². The molecule has 20 heavy (non-hydrogen) atoms. The lowest BCUT2D eigenvalue weighted by Gasteiger charge is -2.17. The number of carbonyl (C=O) groups excluding carboxylic acids is 1. The topological polar surface area (TPSA) is 80.5 Å². The minimum atomic E-state index is -4.06. The van der Waals surface area contributed by atoms with E-state index >= 15 is 0 Å². The summed E-state index contributed by atoms with van der Waals surface area (Å²) in [4.78, 5) is 12.1. The molecule has 1 amide bonds. The van der Waals surface area contributed by atoms with E-state index in [2.05, 4.69) is 0 Å². The van der Waals surface area contributed by atoms with Gasteiger partial charge in [-0.15, -0.1) is 0 Å². The molecular weight excluding hydrogens is 304 g/mol. The van der Waals surface area contributed by atoms with Gasteiger partial charge in [0.2, 0.25) is 15.9 Å². The van der Waals surface area contributed by atoms with E-state index in [-0.39, 0.29) is 6.07 Å². The maximum atomic E-state index is 13.5. The van der Waals surface area contributed by atoms with Gasteiger partial charge in [-0.2, -0.15) is 0 Å². The smallest absolute Gasteiger partial charge is 0.228 e. The fourth-order valence-electron chi connectivity index (χ4n) is 1.88. The monoisotopic (exact) mass is 312 g/mol. The summed E-state index contributed by atoms with van der Waals surface area (Å²) < 4.78 is 74.8. The van der Waals surface area contributed by atoms with E-state index in [1.165, 1.54) is 0 Å². The third-order valence-corrected chi connectivity index (χ3v) is 4.17. The van der Waals surface area contributed by atoms with E-state index in [0.717, 1.165) is 0 Å². The molecule has 1 heterocycles. The molecule has 2 N–H and O–H groups in total. The van der Waals surface area contributed by atoms with Crippen molar-refractivity contribution in [2.24, 2.45) is 5.14 Å². The molecule has 0 radical (unpaired) electrons. The fraction of sp³-hybridized carbons (Fsp3) is 0.300. The Kier molecular flexibility index (Phi) is 3.46. The third kappa shape index (κ3) is 2.36. The van der Waals surface area contributed by atoms with E-state index in [1.807, 2.05) is 0 Å². The predicted octanol–water partition coefficient (Wildman–Crippen LogP) is 0.637. The van der Waals surface area contributed by atoms with Gasteiger partial charge >= 0.3 is 0 Å². The number of hydrogen-bond donors (Lipinski definition) is 1. The summed E-state index contributed by atoms with van der Waals surface area (Å²) in [6, 6.07) is 0.289. The second-order valence-corrected chi connectivity index (χ2v) is 6.08. The van der Waals surface area contributed by atoms with E-state index in [0.29, 0.717) is 4.90 Å². The molecule has 110 valence electrons. The molecular formula is C10H8F4N2O3S. The standard InChI is InChI=1S/C10H8F4N2O3S/c11-5-2-6(9(13)10(14)8(5)12)16-3-4(1-7(16)17)20(15,18)19/h2,4H,1,3H2,(H2,15,18,19). The van der Waals surface area contributed by atoms with Gasteiger partial charge in [0.1, 0.15) is 5.25 Å². The molecule has 5 nitrogen and oxygen atoms in total. The van der Waals surface area contributed by atoms with Crippen molar-refractivity contribution in [1.82, 2.24) is 0 Å². The molecule has 0 aromatic heterocycles. The molecule has 0 aliphatic carbocycles. The molecule has 1 aromatic carbocycles. The lowest BCUT2D eigenvalue weighted by Crippen LogP contribution is -2.32. The molecule has 10 heteroatoms. The number of sulfonamides is 1. The average Bonchev–Trinajstić information content (AvgIpc) is 2.73. The zero-order valence-electron chi connectivity index (χ0n) is 9.74. The zero-order valence-corrected chi connectivity index (χ0v) is 10.6. The minimum Gasteiger partial charge on any atom is -0.308 e. The number of hydrogen-bond acceptors (Lipinski definition) is 3. The highest BCUT2D eigenvalue weighted by Gasteiger charge is 2.39. The average molecular weight is 312 g/mol. The molecule has 0 spiro atoms. The maximum Gasteiger partial charge on any atom is 0.228 e. The van der Waals surface area contributed by atoms with Crippen molar-refractivity contribution in [1.29, 1.82) is 0 Å². The molecule has 1 aliphatic rings. The van der Waals surface area contributed by atoms with Crippen molar-refractivity contribution in [2.75, 3.05) is 11.4 Å². The molecule has 1 saturated heterocycles. The lowest BCUT2D eigenvalue weighted by molar-refractivity contribution is -0.117. The summed E-state index contributed by atoms with van der Waals surface area (Å²) in [5.41, 5.74) is -0.863. The van der Waals surface area contributed by atoms with E-state index in [4.69, 9.17) is 5.14 Å². The highest BCUT2D eigenvalue weighted by molar-refractivity contribution is 7.89. The van der Waals surface area contributed by atoms with E-state index in [1.54, 1.807) is 0 Å². The Morgan fingerprint density at radius 3 is 2.25 bits per heavy atom. The Morgan fingerprint density at radius 1 is 1.15 bits per heavy atom. The maximum absolute atomic E-state index is 13.5. The minimum absolute atomic E-state index is 0.289. The number of nitrogens with two attached hydrogens (primary N) is 1. The molecule has 1 unspecified atom stereocenters. The Balaban J connectivity index is 2.46. The first-order valence-corrected chi connectivity index (χ1v) is 6.89. The SMILES string of the molecule is NS(=O)(=O)C1CC(=O)N(c2cc(F)c(F)c(F)c2F)C1. The molecule has 2 rings (SSSR count).